The zero-order valence-electron chi connectivity index (χ0n) is 13.5. The number of carbonyl (C=O) groups excluding carboxylic acids is 2. The molecule has 0 bridgehead atoms. The Morgan fingerprint density at radius 2 is 1.60 bits per heavy atom. The Morgan fingerprint density at radius 1 is 0.960 bits per heavy atom. The smallest absolute Gasteiger partial charge is 0.273 e. The van der Waals surface area contributed by atoms with Crippen LogP contribution in [0.25, 0.3) is 16.5 Å². The van der Waals surface area contributed by atoms with Crippen LogP contribution in [0.15, 0.2) is 59.4 Å². The van der Waals surface area contributed by atoms with Crippen molar-refractivity contribution in [3.05, 3.63) is 70.6 Å². The molecule has 25 heavy (non-hydrogen) atoms. The first-order valence-corrected chi connectivity index (χ1v) is 7.78. The standard InChI is InChI=1S/C18H16N4O3/c1-2-15(23)19-20-17(24)16-13-10-6-7-11-14(13)18(25)22(21-16)12-8-4-3-5-9-12/h3-11H,2H2,1H3,(H,19,23)(H,20,24). The number of para-hydroxylation sites is 1. The van der Waals surface area contributed by atoms with Crippen molar-refractivity contribution in [2.45, 2.75) is 13.3 Å². The van der Waals surface area contributed by atoms with Crippen molar-refractivity contribution >= 4 is 22.6 Å². The molecule has 7 nitrogen and oxygen atoms in total. The lowest BCUT2D eigenvalue weighted by Crippen LogP contribution is -2.42. The topological polar surface area (TPSA) is 93.1 Å². The number of benzene rings is 2. The molecule has 126 valence electrons. The van der Waals surface area contributed by atoms with Gasteiger partial charge in [0.1, 0.15) is 0 Å². The lowest BCUT2D eigenvalue weighted by Gasteiger charge is -2.11. The van der Waals surface area contributed by atoms with Gasteiger partial charge < -0.3 is 0 Å². The van der Waals surface area contributed by atoms with Crippen molar-refractivity contribution in [3.8, 4) is 5.69 Å². The van der Waals surface area contributed by atoms with Gasteiger partial charge in [0.2, 0.25) is 5.91 Å². The third kappa shape index (κ3) is 3.25. The maximum Gasteiger partial charge on any atom is 0.290 e. The van der Waals surface area contributed by atoms with E-state index >= 15 is 0 Å². The van der Waals surface area contributed by atoms with Crippen LogP contribution in [0, 0.1) is 0 Å². The zero-order valence-corrected chi connectivity index (χ0v) is 13.5. The van der Waals surface area contributed by atoms with E-state index in [1.807, 2.05) is 6.07 Å². The molecule has 0 aliphatic rings. The molecule has 1 heterocycles. The second-order valence-corrected chi connectivity index (χ2v) is 5.30. The van der Waals surface area contributed by atoms with E-state index in [0.29, 0.717) is 16.5 Å². The number of hydrazine groups is 1. The lowest BCUT2D eigenvalue weighted by atomic mass is 10.1. The highest BCUT2D eigenvalue weighted by Crippen LogP contribution is 2.15. The summed E-state index contributed by atoms with van der Waals surface area (Å²) in [6, 6.07) is 15.6. The fourth-order valence-corrected chi connectivity index (χ4v) is 2.38. The van der Waals surface area contributed by atoms with E-state index in [4.69, 9.17) is 0 Å². The summed E-state index contributed by atoms with van der Waals surface area (Å²) >= 11 is 0. The molecule has 1 aromatic heterocycles. The Bertz CT molecular complexity index is 996. The Labute approximate surface area is 143 Å². The Balaban J connectivity index is 2.14. The van der Waals surface area contributed by atoms with E-state index in [1.54, 1.807) is 55.5 Å². The number of aromatic nitrogens is 2. The van der Waals surface area contributed by atoms with Crippen LogP contribution in [-0.2, 0) is 4.79 Å². The predicted octanol–water partition coefficient (Wildman–Crippen LogP) is 1.56. The van der Waals surface area contributed by atoms with Crippen molar-refractivity contribution < 1.29 is 9.59 Å². The maximum absolute atomic E-state index is 12.7. The first-order chi connectivity index (χ1) is 12.1. The molecule has 2 aromatic carbocycles. The summed E-state index contributed by atoms with van der Waals surface area (Å²) in [7, 11) is 0. The molecule has 0 fully saturated rings. The molecular weight excluding hydrogens is 320 g/mol. The van der Waals surface area contributed by atoms with Crippen LogP contribution in [0.4, 0.5) is 0 Å². The number of fused-ring (bicyclic) bond motifs is 1. The number of hydrogen-bond acceptors (Lipinski definition) is 4. The normalized spacial score (nSPS) is 10.4. The molecule has 0 aliphatic heterocycles. The third-order valence-electron chi connectivity index (χ3n) is 3.66. The highest BCUT2D eigenvalue weighted by atomic mass is 16.2. The van der Waals surface area contributed by atoms with Crippen LogP contribution in [0.5, 0.6) is 0 Å². The number of amides is 2. The summed E-state index contributed by atoms with van der Waals surface area (Å²) in [6.45, 7) is 1.67. The van der Waals surface area contributed by atoms with Crippen LogP contribution in [0.2, 0.25) is 0 Å². The van der Waals surface area contributed by atoms with Crippen molar-refractivity contribution in [1.29, 1.82) is 0 Å². The molecule has 3 rings (SSSR count). The van der Waals surface area contributed by atoms with Crippen LogP contribution in [0.3, 0.4) is 0 Å². The third-order valence-corrected chi connectivity index (χ3v) is 3.66. The van der Waals surface area contributed by atoms with Gasteiger partial charge in [-0.25, -0.2) is 0 Å². The molecule has 3 aromatic rings. The van der Waals surface area contributed by atoms with Crippen molar-refractivity contribution in [2.24, 2.45) is 0 Å². The van der Waals surface area contributed by atoms with Gasteiger partial charge in [-0.3, -0.25) is 25.2 Å². The second-order valence-electron chi connectivity index (χ2n) is 5.30. The van der Waals surface area contributed by atoms with E-state index in [9.17, 15) is 14.4 Å². The first kappa shape index (κ1) is 16.4. The summed E-state index contributed by atoms with van der Waals surface area (Å²) in [5, 5.41) is 5.00. The fourth-order valence-electron chi connectivity index (χ4n) is 2.38. The van der Waals surface area contributed by atoms with Crippen LogP contribution in [-0.4, -0.2) is 21.6 Å². The zero-order chi connectivity index (χ0) is 17.8. The Morgan fingerprint density at radius 3 is 2.28 bits per heavy atom. The molecule has 0 radical (unpaired) electrons. The summed E-state index contributed by atoms with van der Waals surface area (Å²) in [5.41, 5.74) is 4.90. The van der Waals surface area contributed by atoms with E-state index in [1.165, 1.54) is 4.68 Å². The second kappa shape index (κ2) is 6.96. The lowest BCUT2D eigenvalue weighted by molar-refractivity contribution is -0.121. The highest BCUT2D eigenvalue weighted by Gasteiger charge is 2.17. The summed E-state index contributed by atoms with van der Waals surface area (Å²) in [5.74, 6) is -0.920. The van der Waals surface area contributed by atoms with E-state index in [-0.39, 0.29) is 23.6 Å². The van der Waals surface area contributed by atoms with E-state index in [0.717, 1.165) is 0 Å². The molecule has 0 saturated carbocycles. The number of rotatable bonds is 3. The first-order valence-electron chi connectivity index (χ1n) is 7.78. The molecular formula is C18H16N4O3. The van der Waals surface area contributed by atoms with Crippen molar-refractivity contribution in [2.75, 3.05) is 0 Å². The largest absolute Gasteiger partial charge is 0.290 e. The summed E-state index contributed by atoms with van der Waals surface area (Å²) in [4.78, 5) is 36.5. The van der Waals surface area contributed by atoms with Gasteiger partial charge in [0.05, 0.1) is 11.1 Å². The van der Waals surface area contributed by atoms with E-state index in [2.05, 4.69) is 16.0 Å². The van der Waals surface area contributed by atoms with Gasteiger partial charge in [-0.15, -0.1) is 0 Å². The Hall–Kier alpha value is -3.48. The van der Waals surface area contributed by atoms with Gasteiger partial charge >= 0.3 is 0 Å². The average Bonchev–Trinajstić information content (AvgIpc) is 2.67. The van der Waals surface area contributed by atoms with E-state index < -0.39 is 5.91 Å². The quantitative estimate of drug-likeness (QED) is 0.710. The van der Waals surface area contributed by atoms with Crippen LogP contribution in [0.1, 0.15) is 23.8 Å². The molecule has 7 heteroatoms. The fraction of sp³-hybridized carbons (Fsp3) is 0.111. The van der Waals surface area contributed by atoms with Gasteiger partial charge in [0, 0.05) is 11.8 Å². The molecule has 0 spiro atoms. The molecule has 0 saturated heterocycles. The molecule has 0 unspecified atom stereocenters. The van der Waals surface area contributed by atoms with Crippen LogP contribution < -0.4 is 16.4 Å². The Kier molecular flexibility index (Phi) is 4.56. The van der Waals surface area contributed by atoms with Crippen molar-refractivity contribution in [3.63, 3.8) is 0 Å². The minimum absolute atomic E-state index is 0.0513. The number of nitrogens with zero attached hydrogens (tertiary/aromatic N) is 2. The maximum atomic E-state index is 12.7. The van der Waals surface area contributed by atoms with Gasteiger partial charge in [-0.05, 0) is 18.2 Å². The van der Waals surface area contributed by atoms with Gasteiger partial charge in [0.25, 0.3) is 11.5 Å². The summed E-state index contributed by atoms with van der Waals surface area (Å²) in [6.07, 6.45) is 0.234. The molecule has 0 aliphatic carbocycles. The predicted molar refractivity (Wildman–Crippen MR) is 93.2 cm³/mol. The number of carbonyl (C=O) groups is 2. The number of hydrogen-bond donors (Lipinski definition) is 2. The molecule has 2 amide bonds. The van der Waals surface area contributed by atoms with Gasteiger partial charge in [-0.2, -0.15) is 9.78 Å². The minimum Gasteiger partial charge on any atom is -0.273 e. The minimum atomic E-state index is -0.595. The summed E-state index contributed by atoms with van der Waals surface area (Å²) < 4.78 is 1.18. The van der Waals surface area contributed by atoms with Crippen LogP contribution >= 0.6 is 0 Å². The SMILES string of the molecule is CCC(=O)NNC(=O)c1nn(-c2ccccc2)c(=O)c2ccccc12. The average molecular weight is 336 g/mol. The molecule has 0 atom stereocenters. The van der Waals surface area contributed by atoms with Gasteiger partial charge in [0.15, 0.2) is 5.69 Å². The van der Waals surface area contributed by atoms with Gasteiger partial charge in [-0.1, -0.05) is 43.3 Å². The monoisotopic (exact) mass is 336 g/mol. The molecule has 2 N–H and O–H groups in total. The highest BCUT2D eigenvalue weighted by molar-refractivity contribution is 6.05. The van der Waals surface area contributed by atoms with Crippen molar-refractivity contribution in [1.82, 2.24) is 20.6 Å². The number of nitrogens with one attached hydrogen (secondary N) is 2.